The largest absolute Gasteiger partial charge is 0.478 e. The second-order valence-electron chi connectivity index (χ2n) is 5.44. The molecule has 0 aromatic carbocycles. The van der Waals surface area contributed by atoms with Gasteiger partial charge in [-0.05, 0) is 44.9 Å². The lowest BCUT2D eigenvalue weighted by atomic mass is 10.1. The van der Waals surface area contributed by atoms with Crippen molar-refractivity contribution in [2.24, 2.45) is 0 Å². The number of hydrogen-bond acceptors (Lipinski definition) is 1. The van der Waals surface area contributed by atoms with E-state index in [-0.39, 0.29) is 0 Å². The zero-order chi connectivity index (χ0) is 17.7. The Bertz CT molecular complexity index is 462. The smallest absolute Gasteiger partial charge is 0.328 e. The van der Waals surface area contributed by atoms with Crippen molar-refractivity contribution in [3.05, 3.63) is 72.9 Å². The molecule has 0 aromatic rings. The highest BCUT2D eigenvalue weighted by atomic mass is 16.4. The normalized spacial score (nSPS) is 13.0. The minimum atomic E-state index is -0.919. The van der Waals surface area contributed by atoms with Crippen molar-refractivity contribution in [2.75, 3.05) is 0 Å². The quantitative estimate of drug-likeness (QED) is 0.170. The molecule has 2 nitrogen and oxygen atoms in total. The van der Waals surface area contributed by atoms with Gasteiger partial charge in [-0.15, -0.1) is 0 Å². The van der Waals surface area contributed by atoms with Gasteiger partial charge < -0.3 is 5.11 Å². The van der Waals surface area contributed by atoms with Crippen molar-refractivity contribution >= 4 is 5.97 Å². The Morgan fingerprint density at radius 3 is 1.96 bits per heavy atom. The predicted octanol–water partition coefficient (Wildman–Crippen LogP) is 6.55. The molecule has 0 radical (unpaired) electrons. The summed E-state index contributed by atoms with van der Waals surface area (Å²) in [5.74, 6) is -0.919. The Morgan fingerprint density at radius 1 is 0.708 bits per heavy atom. The SMILES string of the molecule is CC/C=C/C/C=C/C/C=C/CCCCCC=CC=C/C=C\C(=O)O. The monoisotopic (exact) mass is 328 g/mol. The van der Waals surface area contributed by atoms with Crippen LogP contribution in [0.1, 0.15) is 58.3 Å². The minimum absolute atomic E-state index is 0.919. The van der Waals surface area contributed by atoms with E-state index in [9.17, 15) is 4.79 Å². The average molecular weight is 328 g/mol. The van der Waals surface area contributed by atoms with E-state index in [0.717, 1.165) is 38.2 Å². The number of aliphatic carboxylic acids is 1. The van der Waals surface area contributed by atoms with Gasteiger partial charge in [-0.25, -0.2) is 4.79 Å². The molecule has 132 valence electrons. The molecule has 0 aromatic heterocycles. The first-order valence-electron chi connectivity index (χ1n) is 8.95. The van der Waals surface area contributed by atoms with E-state index in [1.165, 1.54) is 25.3 Å². The van der Waals surface area contributed by atoms with Gasteiger partial charge >= 0.3 is 5.97 Å². The Hall–Kier alpha value is -2.09. The maximum Gasteiger partial charge on any atom is 0.328 e. The third kappa shape index (κ3) is 19.9. The Morgan fingerprint density at radius 2 is 1.29 bits per heavy atom. The molecule has 2 heteroatoms. The van der Waals surface area contributed by atoms with Crippen LogP contribution in [0.3, 0.4) is 0 Å². The van der Waals surface area contributed by atoms with E-state index in [1.807, 2.05) is 12.2 Å². The maximum atomic E-state index is 10.2. The third-order valence-corrected chi connectivity index (χ3v) is 3.23. The van der Waals surface area contributed by atoms with E-state index in [2.05, 4.69) is 49.5 Å². The molecular formula is C22H32O2. The fourth-order valence-electron chi connectivity index (χ4n) is 1.97. The fraction of sp³-hybridized carbons (Fsp3) is 0.409. The van der Waals surface area contributed by atoms with Gasteiger partial charge in [0.1, 0.15) is 0 Å². The molecule has 0 saturated carbocycles. The van der Waals surface area contributed by atoms with Crippen LogP contribution in [0.15, 0.2) is 72.9 Å². The minimum Gasteiger partial charge on any atom is -0.478 e. The lowest BCUT2D eigenvalue weighted by Crippen LogP contribution is -1.84. The van der Waals surface area contributed by atoms with Gasteiger partial charge in [0.2, 0.25) is 0 Å². The van der Waals surface area contributed by atoms with Gasteiger partial charge in [-0.2, -0.15) is 0 Å². The molecule has 0 fully saturated rings. The van der Waals surface area contributed by atoms with E-state index < -0.39 is 5.97 Å². The molecule has 0 aliphatic heterocycles. The molecule has 0 rings (SSSR count). The first-order chi connectivity index (χ1) is 11.8. The van der Waals surface area contributed by atoms with Crippen LogP contribution in [-0.4, -0.2) is 11.1 Å². The molecule has 0 bridgehead atoms. The van der Waals surface area contributed by atoms with Crippen LogP contribution in [0.2, 0.25) is 0 Å². The average Bonchev–Trinajstić information content (AvgIpc) is 2.56. The lowest BCUT2D eigenvalue weighted by molar-refractivity contribution is -0.131. The molecule has 1 N–H and O–H groups in total. The predicted molar refractivity (Wildman–Crippen MR) is 105 cm³/mol. The summed E-state index contributed by atoms with van der Waals surface area (Å²) in [7, 11) is 0. The summed E-state index contributed by atoms with van der Waals surface area (Å²) in [6, 6.07) is 0. The van der Waals surface area contributed by atoms with Gasteiger partial charge in [0, 0.05) is 6.08 Å². The van der Waals surface area contributed by atoms with E-state index in [4.69, 9.17) is 5.11 Å². The van der Waals surface area contributed by atoms with Crippen molar-refractivity contribution in [1.82, 2.24) is 0 Å². The van der Waals surface area contributed by atoms with Crippen molar-refractivity contribution in [2.45, 2.75) is 58.3 Å². The highest BCUT2D eigenvalue weighted by Crippen LogP contribution is 2.05. The number of rotatable bonds is 14. The Labute approximate surface area is 147 Å². The highest BCUT2D eigenvalue weighted by Gasteiger charge is 1.85. The van der Waals surface area contributed by atoms with Crippen LogP contribution in [0.5, 0.6) is 0 Å². The molecule has 0 aliphatic carbocycles. The van der Waals surface area contributed by atoms with Crippen molar-refractivity contribution < 1.29 is 9.90 Å². The molecule has 24 heavy (non-hydrogen) atoms. The molecule has 0 aliphatic rings. The molecule has 0 amide bonds. The van der Waals surface area contributed by atoms with Crippen molar-refractivity contribution in [3.63, 3.8) is 0 Å². The van der Waals surface area contributed by atoms with Gasteiger partial charge in [0.05, 0.1) is 0 Å². The third-order valence-electron chi connectivity index (χ3n) is 3.23. The Kier molecular flexibility index (Phi) is 17.3. The van der Waals surface area contributed by atoms with Gasteiger partial charge in [-0.3, -0.25) is 0 Å². The topological polar surface area (TPSA) is 37.3 Å². The van der Waals surface area contributed by atoms with Gasteiger partial charge in [0.25, 0.3) is 0 Å². The molecule has 0 atom stereocenters. The summed E-state index contributed by atoms with van der Waals surface area (Å²) < 4.78 is 0. The molecule has 0 heterocycles. The zero-order valence-corrected chi connectivity index (χ0v) is 14.9. The lowest BCUT2D eigenvalue weighted by Gasteiger charge is -1.94. The first kappa shape index (κ1) is 21.9. The summed E-state index contributed by atoms with van der Waals surface area (Å²) in [5, 5.41) is 8.41. The van der Waals surface area contributed by atoms with Crippen LogP contribution in [0.25, 0.3) is 0 Å². The Balaban J connectivity index is 3.42. The number of carboxylic acids is 1. The molecular weight excluding hydrogens is 296 g/mol. The molecule has 0 saturated heterocycles. The summed E-state index contributed by atoms with van der Waals surface area (Å²) in [4.78, 5) is 10.2. The number of allylic oxidation sites excluding steroid dienone is 11. The van der Waals surface area contributed by atoms with Crippen LogP contribution < -0.4 is 0 Å². The second kappa shape index (κ2) is 19.0. The van der Waals surface area contributed by atoms with Gasteiger partial charge in [-0.1, -0.05) is 80.2 Å². The highest BCUT2D eigenvalue weighted by molar-refractivity contribution is 5.80. The molecule has 0 spiro atoms. The fourth-order valence-corrected chi connectivity index (χ4v) is 1.97. The molecule has 0 unspecified atom stereocenters. The first-order valence-corrected chi connectivity index (χ1v) is 8.95. The summed E-state index contributed by atoms with van der Waals surface area (Å²) in [5.41, 5.74) is 0. The maximum absolute atomic E-state index is 10.2. The zero-order valence-electron chi connectivity index (χ0n) is 14.9. The van der Waals surface area contributed by atoms with Crippen LogP contribution in [0.4, 0.5) is 0 Å². The number of hydrogen-bond donors (Lipinski definition) is 1. The number of carboxylic acid groups (broad SMARTS) is 1. The standard InChI is InChI=1S/C22H32O2/c1-2-3-4-5-6-7-8-9-10-11-12-13-14-15-16-17-18-19-20-21-22(23)24/h3-4,6-7,9-10,16-21H,2,5,8,11-15H2,1H3,(H,23,24)/b4-3+,7-6+,10-9+,17-16?,19-18?,21-20-. The van der Waals surface area contributed by atoms with Crippen LogP contribution in [-0.2, 0) is 4.79 Å². The van der Waals surface area contributed by atoms with Crippen molar-refractivity contribution in [3.8, 4) is 0 Å². The number of unbranched alkanes of at least 4 members (excludes halogenated alkanes) is 4. The number of carbonyl (C=O) groups is 1. The van der Waals surface area contributed by atoms with Crippen LogP contribution >= 0.6 is 0 Å². The van der Waals surface area contributed by atoms with E-state index in [0.29, 0.717) is 0 Å². The van der Waals surface area contributed by atoms with E-state index >= 15 is 0 Å². The van der Waals surface area contributed by atoms with Crippen molar-refractivity contribution in [1.29, 1.82) is 0 Å². The summed E-state index contributed by atoms with van der Waals surface area (Å²) in [6.45, 7) is 2.15. The summed E-state index contributed by atoms with van der Waals surface area (Å²) >= 11 is 0. The van der Waals surface area contributed by atoms with E-state index in [1.54, 1.807) is 6.08 Å². The van der Waals surface area contributed by atoms with Crippen LogP contribution in [0, 0.1) is 0 Å². The second-order valence-corrected chi connectivity index (χ2v) is 5.44. The van der Waals surface area contributed by atoms with Gasteiger partial charge in [0.15, 0.2) is 0 Å². The summed E-state index contributed by atoms with van der Waals surface area (Å²) in [6.07, 6.45) is 32.8.